The number of nitrogens with zero attached hydrogens (tertiary/aromatic N) is 3. The van der Waals surface area contributed by atoms with Gasteiger partial charge in [0.1, 0.15) is 22.3 Å². The van der Waals surface area contributed by atoms with Crippen molar-refractivity contribution in [2.45, 2.75) is 0 Å². The van der Waals surface area contributed by atoms with Crippen molar-refractivity contribution < 1.29 is 17.1 Å². The van der Waals surface area contributed by atoms with E-state index in [1.165, 1.54) is 0 Å². The van der Waals surface area contributed by atoms with Crippen molar-refractivity contribution in [3.63, 3.8) is 0 Å². The van der Waals surface area contributed by atoms with Crippen molar-refractivity contribution in [3.8, 4) is 45.3 Å². The fourth-order valence-electron chi connectivity index (χ4n) is 5.53. The van der Waals surface area contributed by atoms with Gasteiger partial charge in [-0.05, 0) is 41.9 Å². The molecule has 0 aliphatic heterocycles. The second-order valence-corrected chi connectivity index (χ2v) is 10.4. The lowest BCUT2D eigenvalue weighted by Gasteiger charge is -2.08. The highest BCUT2D eigenvalue weighted by molar-refractivity contribution is 6.10. The summed E-state index contributed by atoms with van der Waals surface area (Å²) in [6.07, 6.45) is 0. The first-order valence-corrected chi connectivity index (χ1v) is 14.0. The predicted molar refractivity (Wildman–Crippen MR) is 176 cm³/mol. The first-order valence-electron chi connectivity index (χ1n) is 17.0. The van der Waals surface area contributed by atoms with Crippen molar-refractivity contribution in [1.29, 1.82) is 0 Å². The second-order valence-electron chi connectivity index (χ2n) is 10.4. The Hall–Kier alpha value is -6.07. The number of fused-ring (bicyclic) bond motifs is 6. The van der Waals surface area contributed by atoms with E-state index in [1.807, 2.05) is 78.9 Å². The smallest absolute Gasteiger partial charge is 0.164 e. The summed E-state index contributed by atoms with van der Waals surface area (Å²) >= 11 is 0. The lowest BCUT2D eigenvalue weighted by Crippen LogP contribution is -2.00. The molecule has 0 saturated carbocycles. The maximum absolute atomic E-state index is 9.36. The summed E-state index contributed by atoms with van der Waals surface area (Å²) in [5, 5.41) is 1.99. The van der Waals surface area contributed by atoms with Crippen molar-refractivity contribution in [1.82, 2.24) is 15.0 Å². The molecule has 9 rings (SSSR count). The molecule has 0 bridgehead atoms. The number of furan rings is 2. The normalized spacial score (nSPS) is 13.5. The van der Waals surface area contributed by atoms with E-state index < -0.39 is 0 Å². The zero-order valence-corrected chi connectivity index (χ0v) is 23.0. The van der Waals surface area contributed by atoms with E-state index in [1.54, 1.807) is 24.3 Å². The van der Waals surface area contributed by atoms with Gasteiger partial charge in [0, 0.05) is 43.8 Å². The molecule has 6 aromatic carbocycles. The number of rotatable bonds is 4. The molecule has 5 heteroatoms. The van der Waals surface area contributed by atoms with Crippen LogP contribution in [0.15, 0.2) is 148 Å². The van der Waals surface area contributed by atoms with Crippen LogP contribution in [0.2, 0.25) is 0 Å². The predicted octanol–water partition coefficient (Wildman–Crippen LogP) is 10.3. The van der Waals surface area contributed by atoms with Gasteiger partial charge in [-0.3, -0.25) is 0 Å². The second kappa shape index (κ2) is 9.75. The Bertz CT molecular complexity index is 2840. The van der Waals surface area contributed by atoms with Crippen LogP contribution in [0.1, 0.15) is 8.22 Å². The molecule has 206 valence electrons. The third-order valence-electron chi connectivity index (χ3n) is 7.65. The molecule has 0 amide bonds. The number of hydrogen-bond acceptors (Lipinski definition) is 5. The van der Waals surface area contributed by atoms with Crippen molar-refractivity contribution in [2.75, 3.05) is 0 Å². The van der Waals surface area contributed by atoms with E-state index in [9.17, 15) is 2.74 Å². The van der Waals surface area contributed by atoms with Crippen molar-refractivity contribution in [2.24, 2.45) is 0 Å². The van der Waals surface area contributed by atoms with Crippen molar-refractivity contribution >= 4 is 43.9 Å². The summed E-state index contributed by atoms with van der Waals surface area (Å²) < 4.78 is 66.1. The minimum absolute atomic E-state index is 0.00796. The zero-order valence-electron chi connectivity index (χ0n) is 29.0. The minimum atomic E-state index is -0.336. The van der Waals surface area contributed by atoms with E-state index >= 15 is 0 Å². The van der Waals surface area contributed by atoms with Crippen LogP contribution < -0.4 is 0 Å². The van der Waals surface area contributed by atoms with Gasteiger partial charge in [0.25, 0.3) is 0 Å². The molecule has 44 heavy (non-hydrogen) atoms. The molecule has 0 spiro atoms. The van der Waals surface area contributed by atoms with Crippen molar-refractivity contribution in [3.05, 3.63) is 139 Å². The molecule has 3 heterocycles. The summed E-state index contributed by atoms with van der Waals surface area (Å²) in [5.41, 5.74) is 3.70. The topological polar surface area (TPSA) is 65.0 Å². The molecule has 0 saturated heterocycles. The van der Waals surface area contributed by atoms with Crippen LogP contribution in [0, 0.1) is 0 Å². The third-order valence-corrected chi connectivity index (χ3v) is 7.65. The van der Waals surface area contributed by atoms with E-state index in [0.29, 0.717) is 33.9 Å². The van der Waals surface area contributed by atoms with Gasteiger partial charge in [-0.1, -0.05) is 103 Å². The average molecular weight is 572 g/mol. The van der Waals surface area contributed by atoms with Gasteiger partial charge >= 0.3 is 0 Å². The lowest BCUT2D eigenvalue weighted by atomic mass is 10.0. The molecular formula is C39H23N3O2. The molecule has 0 unspecified atom stereocenters. The molecule has 3 aromatic heterocycles. The molecule has 0 aliphatic rings. The van der Waals surface area contributed by atoms with Gasteiger partial charge in [0.2, 0.25) is 0 Å². The van der Waals surface area contributed by atoms with Gasteiger partial charge in [-0.25, -0.2) is 15.0 Å². The largest absolute Gasteiger partial charge is 0.456 e. The quantitative estimate of drug-likeness (QED) is 0.210. The molecule has 0 fully saturated rings. The summed E-state index contributed by atoms with van der Waals surface area (Å²) in [5.74, 6) is 0.623. The number of aromatic nitrogens is 3. The Morgan fingerprint density at radius 3 is 1.95 bits per heavy atom. The van der Waals surface area contributed by atoms with Crippen LogP contribution in [-0.4, -0.2) is 15.0 Å². The third kappa shape index (κ3) is 3.98. The Kier molecular flexibility index (Phi) is 4.25. The van der Waals surface area contributed by atoms with Gasteiger partial charge in [-0.2, -0.15) is 0 Å². The van der Waals surface area contributed by atoms with E-state index in [0.717, 1.165) is 16.4 Å². The fourth-order valence-corrected chi connectivity index (χ4v) is 5.53. The molecule has 0 aliphatic carbocycles. The number of benzene rings is 6. The summed E-state index contributed by atoms with van der Waals surface area (Å²) in [6.45, 7) is 0. The molecule has 0 radical (unpaired) electrons. The molecular weight excluding hydrogens is 542 g/mol. The Balaban J connectivity index is 1.33. The van der Waals surface area contributed by atoms with Gasteiger partial charge in [-0.15, -0.1) is 0 Å². The highest BCUT2D eigenvalue weighted by atomic mass is 16.3. The summed E-state index contributed by atoms with van der Waals surface area (Å²) in [4.78, 5) is 14.3. The first kappa shape index (κ1) is 19.2. The highest BCUT2D eigenvalue weighted by Gasteiger charge is 2.17. The average Bonchev–Trinajstić information content (AvgIpc) is 3.73. The minimum Gasteiger partial charge on any atom is -0.456 e. The van der Waals surface area contributed by atoms with Crippen LogP contribution in [0.25, 0.3) is 89.2 Å². The SMILES string of the molecule is [2H]c1c([2H])c([2H])c2c(oc3c([2H])c(-c4nc(-c5ccccc5)nc(-c5ccc6oc7ccccc7c6c5)n4)c([2H])c([2H])c32)c1-c1ccccc1. The summed E-state index contributed by atoms with van der Waals surface area (Å²) in [6, 6.07) is 29.9. The molecule has 9 aromatic rings. The van der Waals surface area contributed by atoms with E-state index in [2.05, 4.69) is 0 Å². The van der Waals surface area contributed by atoms with Gasteiger partial charge < -0.3 is 8.83 Å². The first-order chi connectivity index (χ1) is 24.3. The van der Waals surface area contributed by atoms with Gasteiger partial charge in [0.05, 0.1) is 8.22 Å². The standard InChI is InChI=1S/C39H23N3O2/c1-3-10-24(11-4-1)28-15-9-16-31-30-20-18-27(23-35(30)44-36(28)31)39-41-37(25-12-5-2-6-13-25)40-38(42-39)26-19-21-34-32(22-26)29-14-7-8-17-33(29)43-34/h1-23H/i9D,15D,16D,18D,20D,23D. The van der Waals surface area contributed by atoms with Crippen LogP contribution in [0.5, 0.6) is 0 Å². The Morgan fingerprint density at radius 1 is 0.455 bits per heavy atom. The maximum Gasteiger partial charge on any atom is 0.164 e. The number of para-hydroxylation sites is 2. The fraction of sp³-hybridized carbons (Fsp3) is 0. The number of hydrogen-bond donors (Lipinski definition) is 0. The van der Waals surface area contributed by atoms with Crippen LogP contribution in [0.3, 0.4) is 0 Å². The highest BCUT2D eigenvalue weighted by Crippen LogP contribution is 2.38. The lowest BCUT2D eigenvalue weighted by molar-refractivity contribution is 0.669. The van der Waals surface area contributed by atoms with Crippen LogP contribution in [-0.2, 0) is 0 Å². The van der Waals surface area contributed by atoms with Crippen LogP contribution in [0.4, 0.5) is 0 Å². The molecule has 5 nitrogen and oxygen atoms in total. The van der Waals surface area contributed by atoms with Gasteiger partial charge in [0.15, 0.2) is 17.5 Å². The maximum atomic E-state index is 9.36. The Morgan fingerprint density at radius 2 is 1.14 bits per heavy atom. The zero-order chi connectivity index (χ0) is 34.3. The monoisotopic (exact) mass is 571 g/mol. The molecule has 0 atom stereocenters. The summed E-state index contributed by atoms with van der Waals surface area (Å²) in [7, 11) is 0. The Labute approximate surface area is 260 Å². The molecule has 0 N–H and O–H groups in total. The van der Waals surface area contributed by atoms with E-state index in [4.69, 9.17) is 29.3 Å². The van der Waals surface area contributed by atoms with E-state index in [-0.39, 0.29) is 75.1 Å². The van der Waals surface area contributed by atoms with Crippen LogP contribution >= 0.6 is 0 Å².